The Morgan fingerprint density at radius 3 is 2.15 bits per heavy atom. The number of aryl methyl sites for hydroxylation is 1. The fraction of sp³-hybridized carbons (Fsp3) is 0.778. The van der Waals surface area contributed by atoms with Crippen LogP contribution < -0.4 is 0 Å². The van der Waals surface area contributed by atoms with Gasteiger partial charge < -0.3 is 4.57 Å². The minimum absolute atomic E-state index is 0.336. The highest BCUT2D eigenvalue weighted by atomic mass is 79.9. The molecule has 0 fully saturated rings. The number of aromatic nitrogens is 1. The standard InChI is InChI=1S/C18H32BrN/c1-5-7-9-10-11-14-18(3,13-8-6-2)16-12-15-20(4)17(16)19/h12,15H,5-11,13-14H2,1-4H3. The monoisotopic (exact) mass is 341 g/mol. The predicted molar refractivity (Wildman–Crippen MR) is 93.4 cm³/mol. The van der Waals surface area contributed by atoms with Gasteiger partial charge in [-0.2, -0.15) is 0 Å². The van der Waals surface area contributed by atoms with Crippen LogP contribution in [0.15, 0.2) is 16.9 Å². The minimum Gasteiger partial charge on any atom is -0.345 e. The zero-order chi connectivity index (χ0) is 15.0. The molecule has 1 nitrogen and oxygen atoms in total. The molecule has 0 aliphatic rings. The van der Waals surface area contributed by atoms with Crippen molar-refractivity contribution in [1.82, 2.24) is 4.57 Å². The van der Waals surface area contributed by atoms with Crippen LogP contribution in [-0.2, 0) is 12.5 Å². The lowest BCUT2D eigenvalue weighted by molar-refractivity contribution is 0.366. The summed E-state index contributed by atoms with van der Waals surface area (Å²) >= 11 is 3.77. The van der Waals surface area contributed by atoms with Crippen molar-refractivity contribution in [1.29, 1.82) is 0 Å². The first kappa shape index (κ1) is 17.8. The molecule has 0 amide bonds. The average molecular weight is 342 g/mol. The highest BCUT2D eigenvalue weighted by Crippen LogP contribution is 2.39. The summed E-state index contributed by atoms with van der Waals surface area (Å²) in [5.41, 5.74) is 1.84. The lowest BCUT2D eigenvalue weighted by Gasteiger charge is -2.30. The molecule has 0 N–H and O–H groups in total. The van der Waals surface area contributed by atoms with Gasteiger partial charge in [0.25, 0.3) is 0 Å². The smallest absolute Gasteiger partial charge is 0.0881 e. The fourth-order valence-corrected chi connectivity index (χ4v) is 3.77. The largest absolute Gasteiger partial charge is 0.345 e. The summed E-state index contributed by atoms with van der Waals surface area (Å²) in [4.78, 5) is 0. The lowest BCUT2D eigenvalue weighted by Crippen LogP contribution is -2.22. The number of hydrogen-bond donors (Lipinski definition) is 0. The van der Waals surface area contributed by atoms with Gasteiger partial charge in [-0.1, -0.05) is 65.7 Å². The molecule has 20 heavy (non-hydrogen) atoms. The van der Waals surface area contributed by atoms with Gasteiger partial charge in [-0.15, -0.1) is 0 Å². The van der Waals surface area contributed by atoms with E-state index in [0.717, 1.165) is 0 Å². The van der Waals surface area contributed by atoms with E-state index in [0.29, 0.717) is 5.41 Å². The predicted octanol–water partition coefficient (Wildman–Crippen LogP) is 6.60. The Morgan fingerprint density at radius 2 is 1.60 bits per heavy atom. The van der Waals surface area contributed by atoms with Crippen molar-refractivity contribution in [2.45, 2.75) is 84.0 Å². The van der Waals surface area contributed by atoms with E-state index in [1.165, 1.54) is 68.0 Å². The average Bonchev–Trinajstić information content (AvgIpc) is 2.77. The molecule has 1 aromatic rings. The van der Waals surface area contributed by atoms with Crippen molar-refractivity contribution < 1.29 is 0 Å². The van der Waals surface area contributed by atoms with E-state index >= 15 is 0 Å². The van der Waals surface area contributed by atoms with Gasteiger partial charge in [0.05, 0.1) is 4.60 Å². The normalized spacial score (nSPS) is 14.4. The summed E-state index contributed by atoms with van der Waals surface area (Å²) in [5.74, 6) is 0. The molecule has 1 aromatic heterocycles. The molecule has 1 atom stereocenters. The SMILES string of the molecule is CCCCCCCC(C)(CCCC)c1ccn(C)c1Br. The van der Waals surface area contributed by atoms with Gasteiger partial charge in [0, 0.05) is 13.2 Å². The third-order valence-electron chi connectivity index (χ3n) is 4.56. The van der Waals surface area contributed by atoms with E-state index in [4.69, 9.17) is 0 Å². The zero-order valence-electron chi connectivity index (χ0n) is 13.8. The molecule has 0 saturated carbocycles. The van der Waals surface area contributed by atoms with Crippen molar-refractivity contribution in [2.24, 2.45) is 7.05 Å². The van der Waals surface area contributed by atoms with Crippen LogP contribution >= 0.6 is 15.9 Å². The van der Waals surface area contributed by atoms with E-state index < -0.39 is 0 Å². The molecule has 0 aliphatic heterocycles. The number of unbranched alkanes of at least 4 members (excludes halogenated alkanes) is 5. The van der Waals surface area contributed by atoms with Gasteiger partial charge in [0.15, 0.2) is 0 Å². The maximum absolute atomic E-state index is 3.77. The van der Waals surface area contributed by atoms with Crippen LogP contribution in [0.25, 0.3) is 0 Å². The maximum atomic E-state index is 3.77. The number of nitrogens with zero attached hydrogens (tertiary/aromatic N) is 1. The molecule has 0 aromatic carbocycles. The summed E-state index contributed by atoms with van der Waals surface area (Å²) in [6, 6.07) is 2.31. The quantitative estimate of drug-likeness (QED) is 0.422. The van der Waals surface area contributed by atoms with Gasteiger partial charge >= 0.3 is 0 Å². The van der Waals surface area contributed by atoms with E-state index in [-0.39, 0.29) is 0 Å². The summed E-state index contributed by atoms with van der Waals surface area (Å²) in [5, 5.41) is 0. The Balaban J connectivity index is 2.68. The van der Waals surface area contributed by atoms with Crippen molar-refractivity contribution in [3.63, 3.8) is 0 Å². The third kappa shape index (κ3) is 4.95. The minimum atomic E-state index is 0.336. The highest BCUT2D eigenvalue weighted by Gasteiger charge is 2.28. The molecule has 0 radical (unpaired) electrons. The molecule has 1 rings (SSSR count). The molecule has 2 heteroatoms. The zero-order valence-corrected chi connectivity index (χ0v) is 15.4. The van der Waals surface area contributed by atoms with Gasteiger partial charge in [0.1, 0.15) is 0 Å². The molecule has 0 aliphatic carbocycles. The number of halogens is 1. The molecule has 116 valence electrons. The Kier molecular flexibility index (Phi) is 7.94. The summed E-state index contributed by atoms with van der Waals surface area (Å²) in [6.45, 7) is 7.04. The summed E-state index contributed by atoms with van der Waals surface area (Å²) in [6.07, 6.45) is 14.3. The second-order valence-corrected chi connectivity index (χ2v) is 7.21. The third-order valence-corrected chi connectivity index (χ3v) is 5.55. The molecule has 0 saturated heterocycles. The van der Waals surface area contributed by atoms with Crippen LogP contribution in [0, 0.1) is 0 Å². The van der Waals surface area contributed by atoms with E-state index in [9.17, 15) is 0 Å². The van der Waals surface area contributed by atoms with Crippen molar-refractivity contribution in [3.8, 4) is 0 Å². The molecular weight excluding hydrogens is 310 g/mol. The van der Waals surface area contributed by atoms with Crippen LogP contribution in [-0.4, -0.2) is 4.57 Å². The topological polar surface area (TPSA) is 4.93 Å². The van der Waals surface area contributed by atoms with E-state index in [1.807, 2.05) is 0 Å². The Morgan fingerprint density at radius 1 is 1.00 bits per heavy atom. The van der Waals surface area contributed by atoms with Gasteiger partial charge in [0.2, 0.25) is 0 Å². The Bertz CT molecular complexity index is 383. The second kappa shape index (κ2) is 8.92. The van der Waals surface area contributed by atoms with E-state index in [1.54, 1.807) is 0 Å². The maximum Gasteiger partial charge on any atom is 0.0881 e. The molecule has 0 bridgehead atoms. The van der Waals surface area contributed by atoms with Crippen molar-refractivity contribution >= 4 is 15.9 Å². The van der Waals surface area contributed by atoms with Crippen LogP contribution in [0.3, 0.4) is 0 Å². The van der Waals surface area contributed by atoms with Crippen LogP contribution in [0.4, 0.5) is 0 Å². The van der Waals surface area contributed by atoms with Crippen LogP contribution in [0.1, 0.15) is 84.1 Å². The van der Waals surface area contributed by atoms with Crippen LogP contribution in [0.5, 0.6) is 0 Å². The van der Waals surface area contributed by atoms with Gasteiger partial charge in [-0.05, 0) is 45.8 Å². The number of rotatable bonds is 10. The highest BCUT2D eigenvalue weighted by molar-refractivity contribution is 9.10. The van der Waals surface area contributed by atoms with Gasteiger partial charge in [-0.25, -0.2) is 0 Å². The molecule has 1 unspecified atom stereocenters. The molecule has 0 spiro atoms. The Labute approximate surface area is 134 Å². The van der Waals surface area contributed by atoms with E-state index in [2.05, 4.69) is 60.6 Å². The first-order chi connectivity index (χ1) is 9.55. The second-order valence-electron chi connectivity index (χ2n) is 6.46. The van der Waals surface area contributed by atoms with Crippen LogP contribution in [0.2, 0.25) is 0 Å². The first-order valence-electron chi connectivity index (χ1n) is 8.36. The van der Waals surface area contributed by atoms with Crippen molar-refractivity contribution in [2.75, 3.05) is 0 Å². The lowest BCUT2D eigenvalue weighted by atomic mass is 9.75. The molecule has 1 heterocycles. The van der Waals surface area contributed by atoms with Gasteiger partial charge in [-0.3, -0.25) is 0 Å². The van der Waals surface area contributed by atoms with Crippen molar-refractivity contribution in [3.05, 3.63) is 22.4 Å². The summed E-state index contributed by atoms with van der Waals surface area (Å²) in [7, 11) is 2.12. The fourth-order valence-electron chi connectivity index (χ4n) is 3.04. The summed E-state index contributed by atoms with van der Waals surface area (Å²) < 4.78 is 3.46. The molecular formula is C18H32BrN. The first-order valence-corrected chi connectivity index (χ1v) is 9.15. The number of hydrogen-bond acceptors (Lipinski definition) is 0. The Hall–Kier alpha value is -0.240.